The zero-order chi connectivity index (χ0) is 13.0. The first-order valence-electron chi connectivity index (χ1n) is 5.79. The Morgan fingerprint density at radius 3 is 2.22 bits per heavy atom. The van der Waals surface area contributed by atoms with Crippen molar-refractivity contribution in [3.63, 3.8) is 0 Å². The molecule has 0 aliphatic rings. The molecule has 0 aliphatic carbocycles. The summed E-state index contributed by atoms with van der Waals surface area (Å²) in [4.78, 5) is 0. The summed E-state index contributed by atoms with van der Waals surface area (Å²) in [6.07, 6.45) is 0.845. The molecule has 2 aromatic rings. The molecule has 0 radical (unpaired) electrons. The minimum absolute atomic E-state index is 0.124. The summed E-state index contributed by atoms with van der Waals surface area (Å²) in [5.41, 5.74) is 2.32. The van der Waals surface area contributed by atoms with Gasteiger partial charge in [-0.15, -0.1) is 0 Å². The van der Waals surface area contributed by atoms with Crippen LogP contribution in [0.5, 0.6) is 11.5 Å². The third-order valence-electron chi connectivity index (χ3n) is 2.87. The van der Waals surface area contributed by atoms with E-state index in [4.69, 9.17) is 4.74 Å². The monoisotopic (exact) mass is 260 g/mol. The molecule has 0 saturated carbocycles. The van der Waals surface area contributed by atoms with Crippen molar-refractivity contribution in [2.24, 2.45) is 0 Å². The lowest BCUT2D eigenvalue weighted by Crippen LogP contribution is -1.96. The smallest absolute Gasteiger partial charge is 0.118 e. The zero-order valence-corrected chi connectivity index (χ0v) is 11.1. The van der Waals surface area contributed by atoms with E-state index in [0.717, 1.165) is 17.7 Å². The Labute approximate surface area is 113 Å². The van der Waals surface area contributed by atoms with Crippen LogP contribution in [0, 0.1) is 0 Å². The molecule has 1 N–H and O–H groups in total. The molecule has 0 heterocycles. The third kappa shape index (κ3) is 3.20. The number of rotatable bonds is 4. The van der Waals surface area contributed by atoms with Crippen LogP contribution >= 0.6 is 12.6 Å². The molecule has 18 heavy (non-hydrogen) atoms. The van der Waals surface area contributed by atoms with Crippen molar-refractivity contribution in [2.45, 2.75) is 11.7 Å². The fraction of sp³-hybridized carbons (Fsp3) is 0.200. The Hall–Kier alpha value is -1.61. The van der Waals surface area contributed by atoms with Gasteiger partial charge in [0.1, 0.15) is 11.5 Å². The molecule has 0 amide bonds. The number of hydrogen-bond donors (Lipinski definition) is 2. The van der Waals surface area contributed by atoms with Crippen molar-refractivity contribution in [1.29, 1.82) is 0 Å². The molecule has 0 fully saturated rings. The number of thiol groups is 1. The second-order valence-electron chi connectivity index (χ2n) is 4.16. The van der Waals surface area contributed by atoms with Gasteiger partial charge in [-0.3, -0.25) is 0 Å². The number of phenolic OH excluding ortho intramolecular Hbond substituents is 1. The van der Waals surface area contributed by atoms with Gasteiger partial charge in [-0.1, -0.05) is 24.3 Å². The molecule has 0 aromatic heterocycles. The molecule has 1 unspecified atom stereocenters. The molecule has 2 nitrogen and oxygen atoms in total. The van der Waals surface area contributed by atoms with Crippen LogP contribution in [-0.2, 0) is 6.42 Å². The molecule has 94 valence electrons. The lowest BCUT2D eigenvalue weighted by Gasteiger charge is -2.11. The van der Waals surface area contributed by atoms with Crippen LogP contribution in [0.4, 0.5) is 0 Å². The SMILES string of the molecule is COc1ccc(CC(S)c2ccc(O)cc2)cc1. The summed E-state index contributed by atoms with van der Waals surface area (Å²) >= 11 is 4.60. The van der Waals surface area contributed by atoms with Crippen LogP contribution in [-0.4, -0.2) is 12.2 Å². The first-order valence-corrected chi connectivity index (χ1v) is 6.30. The van der Waals surface area contributed by atoms with Gasteiger partial charge in [0.25, 0.3) is 0 Å². The molecule has 0 spiro atoms. The molecular formula is C15H16O2S. The molecule has 0 aliphatic heterocycles. The van der Waals surface area contributed by atoms with Crippen molar-refractivity contribution in [1.82, 2.24) is 0 Å². The first kappa shape index (κ1) is 12.8. The van der Waals surface area contributed by atoms with Crippen molar-refractivity contribution >= 4 is 12.6 Å². The molecular weight excluding hydrogens is 244 g/mol. The maximum atomic E-state index is 9.25. The van der Waals surface area contributed by atoms with Gasteiger partial charge in [-0.25, -0.2) is 0 Å². The maximum Gasteiger partial charge on any atom is 0.118 e. The quantitative estimate of drug-likeness (QED) is 0.822. The van der Waals surface area contributed by atoms with E-state index in [9.17, 15) is 5.11 Å². The largest absolute Gasteiger partial charge is 0.508 e. The summed E-state index contributed by atoms with van der Waals surface area (Å²) in [5, 5.41) is 9.37. The second-order valence-corrected chi connectivity index (χ2v) is 4.78. The van der Waals surface area contributed by atoms with E-state index in [0.29, 0.717) is 0 Å². The lowest BCUT2D eigenvalue weighted by molar-refractivity contribution is 0.414. The topological polar surface area (TPSA) is 29.5 Å². The van der Waals surface area contributed by atoms with E-state index >= 15 is 0 Å². The Morgan fingerprint density at radius 1 is 1.06 bits per heavy atom. The minimum Gasteiger partial charge on any atom is -0.508 e. The maximum absolute atomic E-state index is 9.25. The number of benzene rings is 2. The van der Waals surface area contributed by atoms with Gasteiger partial charge in [0, 0.05) is 5.25 Å². The fourth-order valence-electron chi connectivity index (χ4n) is 1.80. The highest BCUT2D eigenvalue weighted by Gasteiger charge is 2.07. The van der Waals surface area contributed by atoms with Crippen LogP contribution in [0.25, 0.3) is 0 Å². The summed E-state index contributed by atoms with van der Waals surface area (Å²) in [6.45, 7) is 0. The Morgan fingerprint density at radius 2 is 1.67 bits per heavy atom. The average Bonchev–Trinajstić information content (AvgIpc) is 2.40. The van der Waals surface area contributed by atoms with Crippen molar-refractivity contribution in [3.05, 3.63) is 59.7 Å². The number of aromatic hydroxyl groups is 1. The van der Waals surface area contributed by atoms with Gasteiger partial charge >= 0.3 is 0 Å². The van der Waals surface area contributed by atoms with Gasteiger partial charge < -0.3 is 9.84 Å². The molecule has 2 rings (SSSR count). The second kappa shape index (κ2) is 5.83. The zero-order valence-electron chi connectivity index (χ0n) is 10.2. The third-order valence-corrected chi connectivity index (χ3v) is 3.35. The van der Waals surface area contributed by atoms with Crippen LogP contribution in [0.1, 0.15) is 16.4 Å². The van der Waals surface area contributed by atoms with Crippen molar-refractivity contribution < 1.29 is 9.84 Å². The summed E-state index contributed by atoms with van der Waals surface area (Å²) in [6, 6.07) is 15.2. The van der Waals surface area contributed by atoms with Crippen LogP contribution in [0.15, 0.2) is 48.5 Å². The normalized spacial score (nSPS) is 12.1. The predicted molar refractivity (Wildman–Crippen MR) is 76.5 cm³/mol. The van der Waals surface area contributed by atoms with E-state index in [1.807, 2.05) is 36.4 Å². The van der Waals surface area contributed by atoms with E-state index < -0.39 is 0 Å². The standard InChI is InChI=1S/C15H16O2S/c1-17-14-8-2-11(3-9-14)10-15(18)12-4-6-13(16)7-5-12/h2-9,15-16,18H,10H2,1H3. The highest BCUT2D eigenvalue weighted by atomic mass is 32.1. The first-order chi connectivity index (χ1) is 8.69. The number of phenols is 1. The van der Waals surface area contributed by atoms with Gasteiger partial charge in [0.15, 0.2) is 0 Å². The summed E-state index contributed by atoms with van der Waals surface area (Å²) in [5.74, 6) is 1.14. The van der Waals surface area contributed by atoms with Crippen molar-refractivity contribution in [2.75, 3.05) is 7.11 Å². The highest BCUT2D eigenvalue weighted by molar-refractivity contribution is 7.80. The van der Waals surface area contributed by atoms with E-state index in [-0.39, 0.29) is 11.0 Å². The molecule has 0 bridgehead atoms. The predicted octanol–water partition coefficient (Wildman–Crippen LogP) is 3.61. The molecule has 3 heteroatoms. The van der Waals surface area contributed by atoms with Crippen LogP contribution in [0.3, 0.4) is 0 Å². The van der Waals surface area contributed by atoms with Crippen LogP contribution in [0.2, 0.25) is 0 Å². The number of methoxy groups -OCH3 is 1. The Bertz CT molecular complexity index is 491. The van der Waals surface area contributed by atoms with Crippen molar-refractivity contribution in [3.8, 4) is 11.5 Å². The fourth-order valence-corrected chi connectivity index (χ4v) is 2.18. The average molecular weight is 260 g/mol. The summed E-state index contributed by atoms with van der Waals surface area (Å²) < 4.78 is 5.13. The van der Waals surface area contributed by atoms with Crippen LogP contribution < -0.4 is 4.74 Å². The Balaban J connectivity index is 2.05. The number of hydrogen-bond acceptors (Lipinski definition) is 3. The van der Waals surface area contributed by atoms with Gasteiger partial charge in [-0.2, -0.15) is 12.6 Å². The molecule has 0 saturated heterocycles. The highest BCUT2D eigenvalue weighted by Crippen LogP contribution is 2.26. The Kier molecular flexibility index (Phi) is 4.15. The van der Waals surface area contributed by atoms with Gasteiger partial charge in [0.2, 0.25) is 0 Å². The van der Waals surface area contributed by atoms with Gasteiger partial charge in [-0.05, 0) is 41.8 Å². The molecule has 1 atom stereocenters. The minimum atomic E-state index is 0.124. The van der Waals surface area contributed by atoms with E-state index in [1.54, 1.807) is 19.2 Å². The lowest BCUT2D eigenvalue weighted by atomic mass is 10.0. The molecule has 2 aromatic carbocycles. The van der Waals surface area contributed by atoms with Gasteiger partial charge in [0.05, 0.1) is 7.11 Å². The number of ether oxygens (including phenoxy) is 1. The van der Waals surface area contributed by atoms with E-state index in [1.165, 1.54) is 5.56 Å². The van der Waals surface area contributed by atoms with E-state index in [2.05, 4.69) is 12.6 Å². The summed E-state index contributed by atoms with van der Waals surface area (Å²) in [7, 11) is 1.66.